The van der Waals surface area contributed by atoms with Crippen LogP contribution < -0.4 is 16.0 Å². The van der Waals surface area contributed by atoms with Gasteiger partial charge in [0.15, 0.2) is 0 Å². The van der Waals surface area contributed by atoms with E-state index in [9.17, 15) is 0 Å². The molecule has 1 aliphatic carbocycles. The van der Waals surface area contributed by atoms with Gasteiger partial charge in [-0.05, 0) is 71.4 Å². The number of nitrogens with zero attached hydrogens (tertiary/aromatic N) is 2. The minimum absolute atomic E-state index is 0.604. The summed E-state index contributed by atoms with van der Waals surface area (Å²) in [6, 6.07) is 6.37. The molecule has 1 aromatic carbocycles. The summed E-state index contributed by atoms with van der Waals surface area (Å²) in [5.74, 6) is 2.20. The molecule has 0 saturated heterocycles. The van der Waals surface area contributed by atoms with Crippen LogP contribution in [0.1, 0.15) is 44.1 Å². The number of aromatic amines is 1. The van der Waals surface area contributed by atoms with E-state index in [1.54, 1.807) is 0 Å². The van der Waals surface area contributed by atoms with Crippen LogP contribution in [0.25, 0.3) is 16.5 Å². The molecule has 3 heterocycles. The van der Waals surface area contributed by atoms with Crippen LogP contribution in [0.5, 0.6) is 0 Å². The Morgan fingerprint density at radius 3 is 2.90 bits per heavy atom. The zero-order chi connectivity index (χ0) is 21.0. The van der Waals surface area contributed by atoms with Crippen LogP contribution in [0.4, 0.5) is 17.5 Å². The molecule has 0 amide bonds. The molecule has 7 heteroatoms. The summed E-state index contributed by atoms with van der Waals surface area (Å²) in [7, 11) is 0. The first kappa shape index (κ1) is 20.5. The van der Waals surface area contributed by atoms with E-state index >= 15 is 0 Å². The van der Waals surface area contributed by atoms with Crippen molar-refractivity contribution in [2.24, 2.45) is 5.92 Å². The highest BCUT2D eigenvalue weighted by atomic mass is 79.9. The van der Waals surface area contributed by atoms with E-state index in [4.69, 9.17) is 4.98 Å². The normalized spacial score (nSPS) is 17.5. The van der Waals surface area contributed by atoms with Crippen molar-refractivity contribution in [3.05, 3.63) is 46.7 Å². The fraction of sp³-hybridized carbons (Fsp3) is 0.417. The number of anilines is 3. The van der Waals surface area contributed by atoms with Gasteiger partial charge in [-0.25, -0.2) is 4.98 Å². The fourth-order valence-electron chi connectivity index (χ4n) is 4.64. The summed E-state index contributed by atoms with van der Waals surface area (Å²) in [5, 5.41) is 11.5. The third-order valence-electron chi connectivity index (χ3n) is 6.37. The van der Waals surface area contributed by atoms with Gasteiger partial charge in [-0.15, -0.1) is 0 Å². The number of nitrogens with one attached hydrogen (secondary N) is 4. The average Bonchev–Trinajstić information content (AvgIpc) is 3.24. The van der Waals surface area contributed by atoms with Crippen LogP contribution in [0.3, 0.4) is 0 Å². The lowest BCUT2D eigenvalue weighted by atomic mass is 9.89. The molecule has 162 valence electrons. The quantitative estimate of drug-likeness (QED) is 0.356. The monoisotopic (exact) mass is 480 g/mol. The standard InChI is InChI=1S/C24H29BrN6/c25-21-15-29-24(31-23(21)28-13-16-4-2-1-3-5-16)30-18-6-7-22-19(12-18)20(14-27-22)17-8-10-26-11-9-17/h6-8,12,14-16,26-27H,1-5,9-11,13H2,(H2,28,29,30,31). The van der Waals surface area contributed by atoms with E-state index in [1.807, 2.05) is 6.20 Å². The lowest BCUT2D eigenvalue weighted by Gasteiger charge is -2.22. The lowest BCUT2D eigenvalue weighted by Crippen LogP contribution is -2.19. The zero-order valence-corrected chi connectivity index (χ0v) is 19.3. The number of rotatable bonds is 6. The number of halogens is 1. The Balaban J connectivity index is 1.33. The molecule has 0 radical (unpaired) electrons. The highest BCUT2D eigenvalue weighted by Gasteiger charge is 2.15. The molecule has 1 fully saturated rings. The Morgan fingerprint density at radius 1 is 1.16 bits per heavy atom. The number of H-pyrrole nitrogens is 1. The molecule has 31 heavy (non-hydrogen) atoms. The molecule has 0 atom stereocenters. The maximum atomic E-state index is 4.72. The molecule has 4 N–H and O–H groups in total. The predicted octanol–water partition coefficient (Wildman–Crippen LogP) is 5.83. The first-order chi connectivity index (χ1) is 15.3. The molecule has 2 aliphatic rings. The van der Waals surface area contributed by atoms with Gasteiger partial charge in [0.25, 0.3) is 0 Å². The first-order valence-electron chi connectivity index (χ1n) is 11.3. The highest BCUT2D eigenvalue weighted by molar-refractivity contribution is 9.10. The zero-order valence-electron chi connectivity index (χ0n) is 17.7. The minimum atomic E-state index is 0.604. The fourth-order valence-corrected chi connectivity index (χ4v) is 4.98. The number of hydrogen-bond acceptors (Lipinski definition) is 5. The van der Waals surface area contributed by atoms with E-state index < -0.39 is 0 Å². The third-order valence-corrected chi connectivity index (χ3v) is 6.96. The van der Waals surface area contributed by atoms with Crippen molar-refractivity contribution in [2.75, 3.05) is 30.3 Å². The number of aromatic nitrogens is 3. The van der Waals surface area contributed by atoms with Gasteiger partial charge in [-0.3, -0.25) is 0 Å². The first-order valence-corrected chi connectivity index (χ1v) is 12.1. The van der Waals surface area contributed by atoms with E-state index in [-0.39, 0.29) is 0 Å². The van der Waals surface area contributed by atoms with Crippen LogP contribution in [0, 0.1) is 5.92 Å². The van der Waals surface area contributed by atoms with Crippen LogP contribution in [-0.2, 0) is 0 Å². The molecule has 1 saturated carbocycles. The van der Waals surface area contributed by atoms with Crippen molar-refractivity contribution in [1.82, 2.24) is 20.3 Å². The van der Waals surface area contributed by atoms with Crippen LogP contribution in [0.15, 0.2) is 41.1 Å². The maximum absolute atomic E-state index is 4.72. The Hall–Kier alpha value is -2.38. The number of benzene rings is 1. The van der Waals surface area contributed by atoms with Crippen LogP contribution in [-0.4, -0.2) is 34.6 Å². The summed E-state index contributed by atoms with van der Waals surface area (Å²) in [4.78, 5) is 12.6. The van der Waals surface area contributed by atoms with Gasteiger partial charge in [0.1, 0.15) is 5.82 Å². The van der Waals surface area contributed by atoms with Crippen molar-refractivity contribution in [3.63, 3.8) is 0 Å². The van der Waals surface area contributed by atoms with Crippen molar-refractivity contribution in [3.8, 4) is 0 Å². The molecule has 1 aliphatic heterocycles. The maximum Gasteiger partial charge on any atom is 0.229 e. The van der Waals surface area contributed by atoms with Gasteiger partial charge in [-0.2, -0.15) is 4.98 Å². The second-order valence-electron chi connectivity index (χ2n) is 8.55. The van der Waals surface area contributed by atoms with Gasteiger partial charge in [0.05, 0.1) is 4.47 Å². The minimum Gasteiger partial charge on any atom is -0.369 e. The van der Waals surface area contributed by atoms with Gasteiger partial charge in [0, 0.05) is 47.6 Å². The molecule has 5 rings (SSSR count). The molecular weight excluding hydrogens is 452 g/mol. The smallest absolute Gasteiger partial charge is 0.229 e. The lowest BCUT2D eigenvalue weighted by molar-refractivity contribution is 0.373. The largest absolute Gasteiger partial charge is 0.369 e. The second-order valence-corrected chi connectivity index (χ2v) is 9.40. The van der Waals surface area contributed by atoms with E-state index in [0.29, 0.717) is 5.95 Å². The van der Waals surface area contributed by atoms with Crippen molar-refractivity contribution >= 4 is 49.9 Å². The molecular formula is C24H29BrN6. The molecule has 6 nitrogen and oxygen atoms in total. The molecule has 2 aromatic heterocycles. The number of hydrogen-bond donors (Lipinski definition) is 4. The second kappa shape index (κ2) is 9.40. The third kappa shape index (κ3) is 4.77. The van der Waals surface area contributed by atoms with Crippen LogP contribution in [0.2, 0.25) is 0 Å². The Bertz CT molecular complexity index is 1080. The molecule has 0 spiro atoms. The summed E-state index contributed by atoms with van der Waals surface area (Å²) < 4.78 is 0.898. The molecule has 3 aromatic rings. The van der Waals surface area contributed by atoms with Gasteiger partial charge >= 0.3 is 0 Å². The van der Waals surface area contributed by atoms with Crippen molar-refractivity contribution in [2.45, 2.75) is 38.5 Å². The Labute approximate surface area is 191 Å². The van der Waals surface area contributed by atoms with Crippen molar-refractivity contribution in [1.29, 1.82) is 0 Å². The van der Waals surface area contributed by atoms with Crippen LogP contribution >= 0.6 is 15.9 Å². The van der Waals surface area contributed by atoms with E-state index in [1.165, 1.54) is 48.6 Å². The Morgan fingerprint density at radius 2 is 2.06 bits per heavy atom. The molecule has 0 bridgehead atoms. The van der Waals surface area contributed by atoms with Gasteiger partial charge in [0.2, 0.25) is 5.95 Å². The Kier molecular flexibility index (Phi) is 6.22. The predicted molar refractivity (Wildman–Crippen MR) is 132 cm³/mol. The SMILES string of the molecule is Brc1cnc(Nc2ccc3[nH]cc(C4=CCNCC4)c3c2)nc1NCC1CCCCC1. The van der Waals surface area contributed by atoms with Gasteiger partial charge in [-0.1, -0.05) is 25.3 Å². The molecule has 0 unspecified atom stereocenters. The van der Waals surface area contributed by atoms with E-state index in [0.717, 1.165) is 53.5 Å². The summed E-state index contributed by atoms with van der Waals surface area (Å²) in [6.45, 7) is 2.93. The summed E-state index contributed by atoms with van der Waals surface area (Å²) in [6.07, 6.45) is 14.0. The topological polar surface area (TPSA) is 77.7 Å². The highest BCUT2D eigenvalue weighted by Crippen LogP contribution is 2.31. The van der Waals surface area contributed by atoms with E-state index in [2.05, 4.69) is 72.3 Å². The number of fused-ring (bicyclic) bond motifs is 1. The average molecular weight is 481 g/mol. The van der Waals surface area contributed by atoms with Gasteiger partial charge < -0.3 is 20.9 Å². The summed E-state index contributed by atoms with van der Waals surface area (Å²) in [5.41, 5.74) is 4.82. The summed E-state index contributed by atoms with van der Waals surface area (Å²) >= 11 is 3.59. The van der Waals surface area contributed by atoms with Crippen molar-refractivity contribution < 1.29 is 0 Å².